The van der Waals surface area contributed by atoms with Crippen molar-refractivity contribution in [3.05, 3.63) is 64.7 Å². The van der Waals surface area contributed by atoms with E-state index in [-0.39, 0.29) is 17.2 Å². The van der Waals surface area contributed by atoms with Gasteiger partial charge in [-0.3, -0.25) is 14.4 Å². The molecule has 9 heteroatoms. The van der Waals surface area contributed by atoms with Gasteiger partial charge in [0, 0.05) is 12.6 Å². The normalized spacial score (nSPS) is 14.7. The number of rotatable bonds is 3. The van der Waals surface area contributed by atoms with Gasteiger partial charge in [-0.15, -0.1) is 0 Å². The summed E-state index contributed by atoms with van der Waals surface area (Å²) < 4.78 is 38.8. The summed E-state index contributed by atoms with van der Waals surface area (Å²) in [6, 6.07) is 9.85. The van der Waals surface area contributed by atoms with Crippen LogP contribution in [-0.4, -0.2) is 17.7 Å². The van der Waals surface area contributed by atoms with Gasteiger partial charge in [-0.1, -0.05) is 29.8 Å². The number of halogens is 4. The third kappa shape index (κ3) is 3.63. The number of carbonyl (C=O) groups is 3. The van der Waals surface area contributed by atoms with Crippen LogP contribution in [0.15, 0.2) is 53.6 Å². The van der Waals surface area contributed by atoms with Crippen LogP contribution in [0.25, 0.3) is 5.57 Å². The van der Waals surface area contributed by atoms with Crippen LogP contribution in [0.1, 0.15) is 18.1 Å². The fourth-order valence-corrected chi connectivity index (χ4v) is 3.01. The Bertz CT molecular complexity index is 1010. The number of carbonyl (C=O) groups excluding carboxylic acids is 3. The molecule has 28 heavy (non-hydrogen) atoms. The van der Waals surface area contributed by atoms with Crippen molar-refractivity contribution in [1.29, 1.82) is 0 Å². The quantitative estimate of drug-likeness (QED) is 0.774. The topological polar surface area (TPSA) is 66.5 Å². The van der Waals surface area contributed by atoms with Gasteiger partial charge in [0.05, 0.1) is 16.8 Å². The average molecular weight is 409 g/mol. The minimum absolute atomic E-state index is 0.126. The van der Waals surface area contributed by atoms with E-state index in [1.807, 2.05) is 0 Å². The maximum atomic E-state index is 12.9. The number of benzene rings is 2. The van der Waals surface area contributed by atoms with E-state index in [0.717, 1.165) is 12.1 Å². The molecule has 0 spiro atoms. The maximum absolute atomic E-state index is 12.9. The molecule has 0 aliphatic carbocycles. The van der Waals surface area contributed by atoms with Crippen molar-refractivity contribution in [2.75, 3.05) is 10.2 Å². The molecule has 1 heterocycles. The van der Waals surface area contributed by atoms with Gasteiger partial charge in [0.15, 0.2) is 0 Å². The lowest BCUT2D eigenvalue weighted by Gasteiger charge is -2.17. The van der Waals surface area contributed by atoms with E-state index in [1.54, 1.807) is 0 Å². The Morgan fingerprint density at radius 1 is 1.04 bits per heavy atom. The highest BCUT2D eigenvalue weighted by Gasteiger charge is 2.40. The van der Waals surface area contributed by atoms with Crippen LogP contribution in [-0.2, 0) is 20.6 Å². The number of anilines is 2. The summed E-state index contributed by atoms with van der Waals surface area (Å²) in [5, 5.41) is 2.16. The maximum Gasteiger partial charge on any atom is 0.416 e. The lowest BCUT2D eigenvalue weighted by atomic mass is 10.1. The molecule has 1 aliphatic rings. The van der Waals surface area contributed by atoms with Crippen LogP contribution in [0, 0.1) is 0 Å². The Kier molecular flexibility index (Phi) is 4.99. The zero-order valence-corrected chi connectivity index (χ0v) is 15.1. The van der Waals surface area contributed by atoms with Crippen LogP contribution in [0.5, 0.6) is 0 Å². The molecule has 3 amide bonds. The second-order valence-electron chi connectivity index (χ2n) is 5.94. The lowest BCUT2D eigenvalue weighted by Crippen LogP contribution is -2.31. The first-order valence-electron chi connectivity index (χ1n) is 7.93. The molecule has 0 atom stereocenters. The van der Waals surface area contributed by atoms with Gasteiger partial charge in [0.25, 0.3) is 11.8 Å². The molecule has 0 radical (unpaired) electrons. The fraction of sp³-hybridized carbons (Fsp3) is 0.105. The Balaban J connectivity index is 1.96. The molecule has 0 fully saturated rings. The smallest absolute Gasteiger partial charge is 0.326 e. The second kappa shape index (κ2) is 7.12. The fourth-order valence-electron chi connectivity index (χ4n) is 2.73. The number of hydrogen-bond acceptors (Lipinski definition) is 3. The van der Waals surface area contributed by atoms with E-state index in [1.165, 1.54) is 37.3 Å². The van der Waals surface area contributed by atoms with Gasteiger partial charge in [0.1, 0.15) is 5.03 Å². The predicted molar refractivity (Wildman–Crippen MR) is 97.5 cm³/mol. The van der Waals surface area contributed by atoms with Crippen LogP contribution in [0.2, 0.25) is 0 Å². The minimum atomic E-state index is -4.62. The zero-order valence-electron chi connectivity index (χ0n) is 14.3. The summed E-state index contributed by atoms with van der Waals surface area (Å²) in [6.45, 7) is 1.33. The van der Waals surface area contributed by atoms with Crippen LogP contribution in [0.4, 0.5) is 24.5 Å². The molecule has 0 unspecified atom stereocenters. The molecular formula is C19H12ClF3N2O3. The van der Waals surface area contributed by atoms with Crippen molar-refractivity contribution in [3.63, 3.8) is 0 Å². The Hall–Kier alpha value is -3.13. The largest absolute Gasteiger partial charge is 0.416 e. The summed E-state index contributed by atoms with van der Waals surface area (Å²) >= 11 is 6.03. The summed E-state index contributed by atoms with van der Waals surface area (Å²) in [5.41, 5.74) is -0.576. The number of imide groups is 1. The van der Waals surface area contributed by atoms with Crippen LogP contribution in [0.3, 0.4) is 0 Å². The van der Waals surface area contributed by atoms with Crippen molar-refractivity contribution < 1.29 is 27.6 Å². The van der Waals surface area contributed by atoms with Crippen LogP contribution >= 0.6 is 11.6 Å². The van der Waals surface area contributed by atoms with Gasteiger partial charge < -0.3 is 5.32 Å². The van der Waals surface area contributed by atoms with Crippen molar-refractivity contribution in [2.45, 2.75) is 13.1 Å². The number of hydrogen-bond donors (Lipinski definition) is 1. The molecule has 0 aromatic heterocycles. The SMILES string of the molecule is CC(=O)Nc1ccc(C2=C(Cl)C(=O)N(c3cccc(C(F)(F)F)c3)C2=O)cc1. The van der Waals surface area contributed by atoms with E-state index < -0.39 is 28.6 Å². The van der Waals surface area contributed by atoms with Gasteiger partial charge in [-0.05, 0) is 35.9 Å². The highest BCUT2D eigenvalue weighted by atomic mass is 35.5. The van der Waals surface area contributed by atoms with E-state index in [0.29, 0.717) is 22.2 Å². The van der Waals surface area contributed by atoms with Crippen molar-refractivity contribution in [1.82, 2.24) is 0 Å². The number of amides is 3. The van der Waals surface area contributed by atoms with Gasteiger partial charge >= 0.3 is 6.18 Å². The molecule has 1 aliphatic heterocycles. The molecule has 0 saturated carbocycles. The second-order valence-corrected chi connectivity index (χ2v) is 6.32. The average Bonchev–Trinajstić information content (AvgIpc) is 2.84. The number of nitrogens with one attached hydrogen (secondary N) is 1. The van der Waals surface area contributed by atoms with Gasteiger partial charge in [-0.2, -0.15) is 13.2 Å². The Labute approximate surface area is 162 Å². The standard InChI is InChI=1S/C19H12ClF3N2O3/c1-10(26)24-13-7-5-11(6-8-13)15-16(20)18(28)25(17(15)27)14-4-2-3-12(9-14)19(21,22)23/h2-9H,1H3,(H,24,26). The monoisotopic (exact) mass is 408 g/mol. The van der Waals surface area contributed by atoms with Gasteiger partial charge in [0.2, 0.25) is 5.91 Å². The summed E-state index contributed by atoms with van der Waals surface area (Å²) in [4.78, 5) is 36.9. The third-order valence-corrected chi connectivity index (χ3v) is 4.30. The zero-order chi connectivity index (χ0) is 20.6. The molecule has 0 bridgehead atoms. The highest BCUT2D eigenvalue weighted by molar-refractivity contribution is 6.60. The Morgan fingerprint density at radius 3 is 2.25 bits per heavy atom. The van der Waals surface area contributed by atoms with E-state index >= 15 is 0 Å². The molecule has 2 aromatic carbocycles. The molecule has 5 nitrogen and oxygen atoms in total. The molecule has 3 rings (SSSR count). The first-order chi connectivity index (χ1) is 13.1. The van der Waals surface area contributed by atoms with Crippen molar-refractivity contribution >= 4 is 46.3 Å². The van der Waals surface area contributed by atoms with Crippen molar-refractivity contribution in [2.24, 2.45) is 0 Å². The lowest BCUT2D eigenvalue weighted by molar-refractivity contribution is -0.137. The first kappa shape index (κ1) is 19.6. The third-order valence-electron chi connectivity index (χ3n) is 3.95. The molecular weight excluding hydrogens is 397 g/mol. The van der Waals surface area contributed by atoms with E-state index in [9.17, 15) is 27.6 Å². The van der Waals surface area contributed by atoms with Crippen LogP contribution < -0.4 is 10.2 Å². The summed E-state index contributed by atoms with van der Waals surface area (Å²) in [5.74, 6) is -2.03. The van der Waals surface area contributed by atoms with E-state index in [4.69, 9.17) is 11.6 Å². The minimum Gasteiger partial charge on any atom is -0.326 e. The van der Waals surface area contributed by atoms with Crippen molar-refractivity contribution in [3.8, 4) is 0 Å². The summed E-state index contributed by atoms with van der Waals surface area (Å²) in [6.07, 6.45) is -4.62. The Morgan fingerprint density at radius 2 is 1.68 bits per heavy atom. The molecule has 2 aromatic rings. The first-order valence-corrected chi connectivity index (χ1v) is 8.31. The molecule has 144 valence electrons. The van der Waals surface area contributed by atoms with E-state index in [2.05, 4.69) is 5.32 Å². The molecule has 0 saturated heterocycles. The van der Waals surface area contributed by atoms with Gasteiger partial charge in [-0.25, -0.2) is 4.90 Å². The highest BCUT2D eigenvalue weighted by Crippen LogP contribution is 2.37. The number of nitrogens with zero attached hydrogens (tertiary/aromatic N) is 1. The molecule has 1 N–H and O–H groups in total. The predicted octanol–water partition coefficient (Wildman–Crippen LogP) is 4.19. The number of alkyl halides is 3. The summed E-state index contributed by atoms with van der Waals surface area (Å²) in [7, 11) is 0.